The number of hydrogen-bond acceptors (Lipinski definition) is 4. The van der Waals surface area contributed by atoms with E-state index in [0.717, 1.165) is 11.1 Å². The maximum absolute atomic E-state index is 13.2. The molecule has 0 bridgehead atoms. The van der Waals surface area contributed by atoms with Crippen molar-refractivity contribution in [2.45, 2.75) is 6.04 Å². The highest BCUT2D eigenvalue weighted by atomic mass is 19.1. The average Bonchev–Trinajstić information content (AvgIpc) is 2.62. The highest BCUT2D eigenvalue weighted by Gasteiger charge is 2.17. The molecule has 6 nitrogen and oxygen atoms in total. The van der Waals surface area contributed by atoms with Gasteiger partial charge in [0.15, 0.2) is 5.82 Å². The zero-order valence-electron chi connectivity index (χ0n) is 12.6. The third-order valence-corrected chi connectivity index (χ3v) is 3.32. The van der Waals surface area contributed by atoms with E-state index in [4.69, 9.17) is 0 Å². The number of aromatic nitrogens is 3. The first-order chi connectivity index (χ1) is 11.7. The van der Waals surface area contributed by atoms with E-state index in [1.807, 2.05) is 0 Å². The van der Waals surface area contributed by atoms with Crippen molar-refractivity contribution in [1.82, 2.24) is 20.3 Å². The minimum absolute atomic E-state index is 0.336. The second-order valence-electron chi connectivity index (χ2n) is 4.95. The van der Waals surface area contributed by atoms with E-state index in [0.29, 0.717) is 5.82 Å². The van der Waals surface area contributed by atoms with E-state index in [9.17, 15) is 9.18 Å². The van der Waals surface area contributed by atoms with Crippen molar-refractivity contribution in [3.8, 4) is 0 Å². The van der Waals surface area contributed by atoms with Gasteiger partial charge in [-0.1, -0.05) is 12.1 Å². The molecule has 7 heteroatoms. The number of carbonyl (C=O) groups excluding carboxylic acids is 1. The number of anilines is 1. The van der Waals surface area contributed by atoms with E-state index in [1.165, 1.54) is 30.7 Å². The molecule has 1 atom stereocenters. The van der Waals surface area contributed by atoms with Crippen LogP contribution in [0.5, 0.6) is 0 Å². The van der Waals surface area contributed by atoms with Gasteiger partial charge in [0.05, 0.1) is 12.2 Å². The number of hydrogen-bond donors (Lipinski definition) is 2. The molecule has 2 aromatic heterocycles. The van der Waals surface area contributed by atoms with Gasteiger partial charge in [-0.25, -0.2) is 14.2 Å². The molecule has 0 fully saturated rings. The molecule has 3 rings (SSSR count). The molecule has 2 amide bonds. The number of halogens is 1. The molecule has 2 N–H and O–H groups in total. The van der Waals surface area contributed by atoms with Crippen molar-refractivity contribution in [3.05, 3.63) is 84.3 Å². The van der Waals surface area contributed by atoms with E-state index in [-0.39, 0.29) is 5.82 Å². The number of carbonyl (C=O) groups is 1. The van der Waals surface area contributed by atoms with Gasteiger partial charge in [0, 0.05) is 24.8 Å². The minimum atomic E-state index is -0.453. The summed E-state index contributed by atoms with van der Waals surface area (Å²) in [6, 6.07) is 8.64. The summed E-state index contributed by atoms with van der Waals surface area (Å²) in [5, 5.41) is 5.46. The van der Waals surface area contributed by atoms with E-state index < -0.39 is 12.1 Å². The lowest BCUT2D eigenvalue weighted by Crippen LogP contribution is -2.33. The number of amides is 2. The van der Waals surface area contributed by atoms with Gasteiger partial charge in [-0.2, -0.15) is 0 Å². The Morgan fingerprint density at radius 3 is 2.29 bits per heavy atom. The summed E-state index contributed by atoms with van der Waals surface area (Å²) in [5.41, 5.74) is 1.57. The van der Waals surface area contributed by atoms with Crippen molar-refractivity contribution in [2.24, 2.45) is 0 Å². The van der Waals surface area contributed by atoms with Crippen LogP contribution in [0.3, 0.4) is 0 Å². The summed E-state index contributed by atoms with van der Waals surface area (Å²) in [6.07, 6.45) is 7.71. The van der Waals surface area contributed by atoms with Crippen LogP contribution in [0.1, 0.15) is 17.2 Å². The maximum Gasteiger partial charge on any atom is 0.321 e. The Bertz CT molecular complexity index is 796. The number of pyridine rings is 1. The number of rotatable bonds is 4. The number of urea groups is 1. The lowest BCUT2D eigenvalue weighted by molar-refractivity contribution is 0.250. The fraction of sp³-hybridized carbons (Fsp3) is 0.0588. The summed E-state index contributed by atoms with van der Waals surface area (Å²) >= 11 is 0. The van der Waals surface area contributed by atoms with Crippen LogP contribution >= 0.6 is 0 Å². The minimum Gasteiger partial charge on any atom is -0.327 e. The molecule has 0 spiro atoms. The zero-order valence-corrected chi connectivity index (χ0v) is 12.6. The van der Waals surface area contributed by atoms with Crippen molar-refractivity contribution in [1.29, 1.82) is 0 Å². The fourth-order valence-electron chi connectivity index (χ4n) is 2.22. The van der Waals surface area contributed by atoms with Gasteiger partial charge in [-0.05, 0) is 35.4 Å². The molecule has 1 aromatic carbocycles. The normalized spacial score (nSPS) is 11.5. The Hall–Kier alpha value is -3.35. The Morgan fingerprint density at radius 1 is 0.917 bits per heavy atom. The summed E-state index contributed by atoms with van der Waals surface area (Å²) in [5.74, 6) is -0.00109. The average molecular weight is 323 g/mol. The molecule has 2 heterocycles. The van der Waals surface area contributed by atoms with Crippen LogP contribution in [0.15, 0.2) is 67.4 Å². The van der Waals surface area contributed by atoms with Gasteiger partial charge in [0.2, 0.25) is 0 Å². The summed E-state index contributed by atoms with van der Waals surface area (Å²) < 4.78 is 13.2. The maximum atomic E-state index is 13.2. The Balaban J connectivity index is 1.82. The van der Waals surface area contributed by atoms with Crippen molar-refractivity contribution < 1.29 is 9.18 Å². The smallest absolute Gasteiger partial charge is 0.321 e. The zero-order chi connectivity index (χ0) is 16.8. The molecule has 0 saturated carbocycles. The van der Waals surface area contributed by atoms with E-state index in [1.54, 1.807) is 36.7 Å². The molecule has 3 aromatic rings. The Kier molecular flexibility index (Phi) is 4.71. The molecule has 0 radical (unpaired) electrons. The lowest BCUT2D eigenvalue weighted by atomic mass is 10.00. The van der Waals surface area contributed by atoms with Crippen LogP contribution in [0, 0.1) is 5.82 Å². The topological polar surface area (TPSA) is 79.8 Å². The highest BCUT2D eigenvalue weighted by molar-refractivity contribution is 5.88. The molecule has 24 heavy (non-hydrogen) atoms. The lowest BCUT2D eigenvalue weighted by Gasteiger charge is -2.20. The Morgan fingerprint density at radius 2 is 1.62 bits per heavy atom. The quantitative estimate of drug-likeness (QED) is 0.773. The van der Waals surface area contributed by atoms with Crippen LogP contribution in [0.2, 0.25) is 0 Å². The van der Waals surface area contributed by atoms with Crippen LogP contribution in [0.4, 0.5) is 15.0 Å². The Labute approximate surface area is 137 Å². The first kappa shape index (κ1) is 15.5. The SMILES string of the molecule is O=C(Nc1cnccn1)NC(c1ccncc1)c1ccc(F)cc1. The second kappa shape index (κ2) is 7.28. The molecule has 0 aliphatic rings. The fourth-order valence-corrected chi connectivity index (χ4v) is 2.22. The van der Waals surface area contributed by atoms with Gasteiger partial charge < -0.3 is 5.32 Å². The monoisotopic (exact) mass is 323 g/mol. The largest absolute Gasteiger partial charge is 0.327 e. The molecule has 0 aliphatic heterocycles. The van der Waals surface area contributed by atoms with Crippen molar-refractivity contribution in [2.75, 3.05) is 5.32 Å². The third kappa shape index (κ3) is 3.89. The summed E-state index contributed by atoms with van der Waals surface area (Å²) in [4.78, 5) is 24.1. The molecular weight excluding hydrogens is 309 g/mol. The first-order valence-electron chi connectivity index (χ1n) is 7.21. The number of benzene rings is 1. The van der Waals surface area contributed by atoms with Crippen molar-refractivity contribution >= 4 is 11.8 Å². The van der Waals surface area contributed by atoms with Crippen molar-refractivity contribution in [3.63, 3.8) is 0 Å². The van der Waals surface area contributed by atoms with E-state index >= 15 is 0 Å². The predicted octanol–water partition coefficient (Wildman–Crippen LogP) is 2.92. The second-order valence-corrected chi connectivity index (χ2v) is 4.95. The standard InChI is InChI=1S/C17H14FN5O/c18-14-3-1-12(2-4-14)16(13-5-7-19-8-6-13)23-17(24)22-15-11-20-9-10-21-15/h1-11,16H,(H2,21,22,23,24). The van der Waals surface area contributed by atoms with Gasteiger partial charge >= 0.3 is 6.03 Å². The number of nitrogens with zero attached hydrogens (tertiary/aromatic N) is 3. The van der Waals surface area contributed by atoms with Gasteiger partial charge in [-0.3, -0.25) is 15.3 Å². The van der Waals surface area contributed by atoms with Crippen LogP contribution < -0.4 is 10.6 Å². The van der Waals surface area contributed by atoms with Crippen LogP contribution in [-0.4, -0.2) is 21.0 Å². The molecule has 120 valence electrons. The van der Waals surface area contributed by atoms with Crippen LogP contribution in [-0.2, 0) is 0 Å². The molecule has 1 unspecified atom stereocenters. The van der Waals surface area contributed by atoms with Gasteiger partial charge in [0.25, 0.3) is 0 Å². The molecule has 0 aliphatic carbocycles. The van der Waals surface area contributed by atoms with Gasteiger partial charge in [0.1, 0.15) is 5.82 Å². The van der Waals surface area contributed by atoms with Gasteiger partial charge in [-0.15, -0.1) is 0 Å². The molecule has 0 saturated heterocycles. The number of nitrogens with one attached hydrogen (secondary N) is 2. The summed E-state index contributed by atoms with van der Waals surface area (Å²) in [6.45, 7) is 0. The van der Waals surface area contributed by atoms with E-state index in [2.05, 4.69) is 25.6 Å². The third-order valence-electron chi connectivity index (χ3n) is 3.32. The highest BCUT2D eigenvalue weighted by Crippen LogP contribution is 2.22. The first-order valence-corrected chi connectivity index (χ1v) is 7.21. The van der Waals surface area contributed by atoms with Crippen LogP contribution in [0.25, 0.3) is 0 Å². The summed E-state index contributed by atoms with van der Waals surface area (Å²) in [7, 11) is 0. The predicted molar refractivity (Wildman–Crippen MR) is 86.7 cm³/mol. The molecular formula is C17H14FN5O.